The van der Waals surface area contributed by atoms with E-state index in [4.69, 9.17) is 4.74 Å². The van der Waals surface area contributed by atoms with E-state index in [1.165, 1.54) is 24.3 Å². The van der Waals surface area contributed by atoms with Gasteiger partial charge in [0.15, 0.2) is 0 Å². The Bertz CT molecular complexity index is 775. The molecule has 136 valence electrons. The Labute approximate surface area is 151 Å². The Kier molecular flexibility index (Phi) is 5.51. The average Bonchev–Trinajstić information content (AvgIpc) is 3.45. The van der Waals surface area contributed by atoms with Crippen molar-refractivity contribution >= 4 is 17.5 Å². The second kappa shape index (κ2) is 7.99. The number of ether oxygens (including phenoxy) is 1. The maximum absolute atomic E-state index is 12.9. The number of nitrogens with one attached hydrogen (secondary N) is 2. The summed E-state index contributed by atoms with van der Waals surface area (Å²) in [6.07, 6.45) is 1.26. The second-order valence-corrected chi connectivity index (χ2v) is 6.33. The van der Waals surface area contributed by atoms with Crippen LogP contribution in [0, 0.1) is 17.7 Å². The highest BCUT2D eigenvalue weighted by molar-refractivity contribution is 5.99. The topological polar surface area (TPSA) is 67.4 Å². The van der Waals surface area contributed by atoms with Gasteiger partial charge in [0.1, 0.15) is 11.6 Å². The molecule has 2 aromatic carbocycles. The summed E-state index contributed by atoms with van der Waals surface area (Å²) in [5, 5.41) is 5.59. The predicted octanol–water partition coefficient (Wildman–Crippen LogP) is 2.77. The van der Waals surface area contributed by atoms with Gasteiger partial charge in [-0.25, -0.2) is 4.39 Å². The molecule has 1 saturated carbocycles. The summed E-state index contributed by atoms with van der Waals surface area (Å²) in [6, 6.07) is 13.3. The van der Waals surface area contributed by atoms with Crippen LogP contribution in [0.5, 0.6) is 5.75 Å². The van der Waals surface area contributed by atoms with Gasteiger partial charge in [0.25, 0.3) is 0 Å². The molecule has 0 aliphatic heterocycles. The van der Waals surface area contributed by atoms with E-state index in [1.807, 2.05) is 24.3 Å². The van der Waals surface area contributed by atoms with Gasteiger partial charge in [-0.3, -0.25) is 9.59 Å². The zero-order valence-corrected chi connectivity index (χ0v) is 14.5. The molecule has 26 heavy (non-hydrogen) atoms. The second-order valence-electron chi connectivity index (χ2n) is 6.33. The van der Waals surface area contributed by atoms with Crippen molar-refractivity contribution in [3.05, 3.63) is 59.9 Å². The number of carbonyl (C=O) groups excluding carboxylic acids is 2. The molecule has 1 fully saturated rings. The highest BCUT2D eigenvalue weighted by Gasteiger charge is 2.47. The van der Waals surface area contributed by atoms with E-state index in [0.717, 1.165) is 17.7 Å². The number of carbonyl (C=O) groups is 2. The molecular weight excluding hydrogens is 335 g/mol. The Hall–Kier alpha value is -2.89. The summed E-state index contributed by atoms with van der Waals surface area (Å²) in [4.78, 5) is 24.3. The summed E-state index contributed by atoms with van der Waals surface area (Å²) >= 11 is 0. The minimum Gasteiger partial charge on any atom is -0.497 e. The van der Waals surface area contributed by atoms with E-state index in [-0.39, 0.29) is 29.5 Å². The van der Waals surface area contributed by atoms with Crippen LogP contribution >= 0.6 is 0 Å². The first kappa shape index (κ1) is 17.9. The molecule has 6 heteroatoms. The van der Waals surface area contributed by atoms with E-state index in [1.54, 1.807) is 7.11 Å². The number of amides is 2. The third-order valence-corrected chi connectivity index (χ3v) is 4.45. The Balaban J connectivity index is 1.40. The van der Waals surface area contributed by atoms with E-state index >= 15 is 0 Å². The van der Waals surface area contributed by atoms with Crippen molar-refractivity contribution in [3.63, 3.8) is 0 Å². The number of hydrogen-bond donors (Lipinski definition) is 2. The van der Waals surface area contributed by atoms with Crippen LogP contribution in [-0.4, -0.2) is 25.5 Å². The molecule has 5 nitrogen and oxygen atoms in total. The molecular formula is C20H21FN2O3. The monoisotopic (exact) mass is 356 g/mol. The molecule has 0 heterocycles. The fourth-order valence-corrected chi connectivity index (χ4v) is 2.80. The fraction of sp³-hybridized carbons (Fsp3) is 0.300. The molecule has 2 amide bonds. The molecule has 3 rings (SSSR count). The van der Waals surface area contributed by atoms with Crippen LogP contribution in [0.2, 0.25) is 0 Å². The van der Waals surface area contributed by atoms with Crippen LogP contribution in [0.3, 0.4) is 0 Å². The minimum absolute atomic E-state index is 0.0993. The molecule has 2 N–H and O–H groups in total. The normalized spacial score (nSPS) is 18.1. The smallest absolute Gasteiger partial charge is 0.228 e. The van der Waals surface area contributed by atoms with Gasteiger partial charge in [-0.2, -0.15) is 0 Å². The van der Waals surface area contributed by atoms with E-state index in [0.29, 0.717) is 18.7 Å². The lowest BCUT2D eigenvalue weighted by molar-refractivity contribution is -0.125. The fourth-order valence-electron chi connectivity index (χ4n) is 2.80. The number of rotatable bonds is 7. The largest absolute Gasteiger partial charge is 0.497 e. The molecule has 0 radical (unpaired) electrons. The molecule has 0 saturated heterocycles. The third-order valence-electron chi connectivity index (χ3n) is 4.45. The highest BCUT2D eigenvalue weighted by Crippen LogP contribution is 2.39. The van der Waals surface area contributed by atoms with Gasteiger partial charge in [-0.1, -0.05) is 12.1 Å². The minimum atomic E-state index is -0.358. The lowest BCUT2D eigenvalue weighted by atomic mass is 10.1. The van der Waals surface area contributed by atoms with Crippen LogP contribution < -0.4 is 15.4 Å². The first-order valence-corrected chi connectivity index (χ1v) is 8.54. The lowest BCUT2D eigenvalue weighted by Crippen LogP contribution is -2.29. The van der Waals surface area contributed by atoms with Gasteiger partial charge in [0, 0.05) is 12.2 Å². The number of benzene rings is 2. The van der Waals surface area contributed by atoms with Crippen molar-refractivity contribution in [2.24, 2.45) is 11.8 Å². The Morgan fingerprint density at radius 3 is 2.35 bits per heavy atom. The molecule has 0 spiro atoms. The van der Waals surface area contributed by atoms with Crippen molar-refractivity contribution < 1.29 is 18.7 Å². The van der Waals surface area contributed by atoms with E-state index in [9.17, 15) is 14.0 Å². The summed E-state index contributed by atoms with van der Waals surface area (Å²) in [5.41, 5.74) is 1.63. The SMILES string of the molecule is COc1ccc(CCNC(=O)C2CC2C(=O)Nc2ccc(F)cc2)cc1. The number of halogens is 1. The van der Waals surface area contributed by atoms with Crippen molar-refractivity contribution in [2.75, 3.05) is 19.0 Å². The van der Waals surface area contributed by atoms with Crippen molar-refractivity contribution in [1.29, 1.82) is 0 Å². The summed E-state index contributed by atoms with van der Waals surface area (Å²) in [6.45, 7) is 0.522. The molecule has 1 aliphatic rings. The van der Waals surface area contributed by atoms with Gasteiger partial charge in [-0.15, -0.1) is 0 Å². The molecule has 0 aromatic heterocycles. The molecule has 1 aliphatic carbocycles. The maximum atomic E-state index is 12.9. The first-order valence-electron chi connectivity index (χ1n) is 8.54. The summed E-state index contributed by atoms with van der Waals surface area (Å²) in [5.74, 6) is -0.466. The maximum Gasteiger partial charge on any atom is 0.228 e. The quantitative estimate of drug-likeness (QED) is 0.802. The van der Waals surface area contributed by atoms with Gasteiger partial charge >= 0.3 is 0 Å². The van der Waals surface area contributed by atoms with Crippen molar-refractivity contribution in [1.82, 2.24) is 5.32 Å². The van der Waals surface area contributed by atoms with Gasteiger partial charge in [0.05, 0.1) is 18.9 Å². The Morgan fingerprint density at radius 1 is 1.04 bits per heavy atom. The van der Waals surface area contributed by atoms with Crippen LogP contribution in [-0.2, 0) is 16.0 Å². The summed E-state index contributed by atoms with van der Waals surface area (Å²) < 4.78 is 18.0. The van der Waals surface area contributed by atoms with Crippen LogP contribution in [0.1, 0.15) is 12.0 Å². The molecule has 2 unspecified atom stereocenters. The van der Waals surface area contributed by atoms with E-state index < -0.39 is 0 Å². The number of hydrogen-bond acceptors (Lipinski definition) is 3. The van der Waals surface area contributed by atoms with Crippen LogP contribution in [0.25, 0.3) is 0 Å². The molecule has 2 aromatic rings. The zero-order chi connectivity index (χ0) is 18.5. The highest BCUT2D eigenvalue weighted by atomic mass is 19.1. The van der Waals surface area contributed by atoms with Gasteiger partial charge in [0.2, 0.25) is 11.8 Å². The summed E-state index contributed by atoms with van der Waals surface area (Å²) in [7, 11) is 1.62. The number of anilines is 1. The first-order chi connectivity index (χ1) is 12.6. The average molecular weight is 356 g/mol. The molecule has 0 bridgehead atoms. The molecule has 2 atom stereocenters. The van der Waals surface area contributed by atoms with Gasteiger partial charge in [-0.05, 0) is 54.8 Å². The van der Waals surface area contributed by atoms with Crippen LogP contribution in [0.15, 0.2) is 48.5 Å². The zero-order valence-electron chi connectivity index (χ0n) is 14.5. The van der Waals surface area contributed by atoms with Crippen molar-refractivity contribution in [3.8, 4) is 5.75 Å². The predicted molar refractivity (Wildman–Crippen MR) is 96.3 cm³/mol. The number of methoxy groups -OCH3 is 1. The van der Waals surface area contributed by atoms with E-state index in [2.05, 4.69) is 10.6 Å². The lowest BCUT2D eigenvalue weighted by Gasteiger charge is -2.07. The third kappa shape index (κ3) is 4.59. The van der Waals surface area contributed by atoms with Gasteiger partial charge < -0.3 is 15.4 Å². The Morgan fingerprint density at radius 2 is 1.69 bits per heavy atom. The van der Waals surface area contributed by atoms with Crippen molar-refractivity contribution in [2.45, 2.75) is 12.8 Å². The standard InChI is InChI=1S/C20H21FN2O3/c1-26-16-8-2-13(3-9-16)10-11-22-19(24)17-12-18(17)20(25)23-15-6-4-14(21)5-7-15/h2-9,17-18H,10-12H2,1H3,(H,22,24)(H,23,25). The van der Waals surface area contributed by atoms with Crippen LogP contribution in [0.4, 0.5) is 10.1 Å².